The van der Waals surface area contributed by atoms with Gasteiger partial charge in [0, 0.05) is 11.9 Å². The number of imidazole rings is 1. The zero-order valence-corrected chi connectivity index (χ0v) is 7.04. The minimum absolute atomic E-state index is 0.341. The smallest absolute Gasteiger partial charge is 0.107 e. The number of rotatable bonds is 5. The van der Waals surface area contributed by atoms with Gasteiger partial charge in [0.05, 0.1) is 12.9 Å². The van der Waals surface area contributed by atoms with Crippen LogP contribution in [-0.4, -0.2) is 22.8 Å². The molecule has 0 aliphatic rings. The van der Waals surface area contributed by atoms with Crippen LogP contribution in [0, 0.1) is 0 Å². The predicted molar refractivity (Wildman–Crippen MR) is 45.6 cm³/mol. The molecule has 0 saturated heterocycles. The summed E-state index contributed by atoms with van der Waals surface area (Å²) in [5.74, 6) is 0. The van der Waals surface area contributed by atoms with Crippen molar-refractivity contribution >= 4 is 0 Å². The first-order chi connectivity index (χ1) is 5.88. The number of hydrogen-bond donors (Lipinski definition) is 1. The largest absolute Gasteiger partial charge is 0.332 e. The summed E-state index contributed by atoms with van der Waals surface area (Å²) in [6.45, 7) is 0.729. The van der Waals surface area contributed by atoms with Gasteiger partial charge >= 0.3 is 0 Å². The van der Waals surface area contributed by atoms with Crippen LogP contribution in [0.25, 0.3) is 0 Å². The molecule has 0 aliphatic carbocycles. The Labute approximate surface area is 71.4 Å². The van der Waals surface area contributed by atoms with Gasteiger partial charge in [0.2, 0.25) is 0 Å². The Hall–Kier alpha value is -0.900. The van der Waals surface area contributed by atoms with Gasteiger partial charge in [-0.15, -0.1) is 0 Å². The van der Waals surface area contributed by atoms with Gasteiger partial charge in [-0.1, -0.05) is 0 Å². The molecular weight excluding hydrogens is 157 g/mol. The second-order valence-electron chi connectivity index (χ2n) is 2.66. The second kappa shape index (κ2) is 4.87. The third-order valence-corrected chi connectivity index (χ3v) is 1.76. The van der Waals surface area contributed by atoms with Crippen LogP contribution in [-0.2, 0) is 13.0 Å². The van der Waals surface area contributed by atoms with E-state index in [1.54, 1.807) is 12.5 Å². The van der Waals surface area contributed by atoms with Crippen LogP contribution in [0.15, 0.2) is 12.5 Å². The topological polar surface area (TPSA) is 43.8 Å². The predicted octanol–water partition coefficient (Wildman–Crippen LogP) is 0.744. The first-order valence-corrected chi connectivity index (χ1v) is 4.13. The molecule has 2 N–H and O–H groups in total. The third-order valence-electron chi connectivity index (χ3n) is 1.76. The van der Waals surface area contributed by atoms with Gasteiger partial charge in [0.1, 0.15) is 6.67 Å². The molecule has 0 bridgehead atoms. The fourth-order valence-electron chi connectivity index (χ4n) is 1.13. The van der Waals surface area contributed by atoms with Gasteiger partial charge in [0.15, 0.2) is 0 Å². The van der Waals surface area contributed by atoms with Crippen molar-refractivity contribution in [3.63, 3.8) is 0 Å². The average molecular weight is 171 g/mol. The summed E-state index contributed by atoms with van der Waals surface area (Å²) in [5, 5.41) is 0. The lowest BCUT2D eigenvalue weighted by atomic mass is 10.2. The van der Waals surface area contributed by atoms with Crippen LogP contribution in [0.2, 0.25) is 0 Å². The molecule has 0 spiro atoms. The molecule has 0 unspecified atom stereocenters. The highest BCUT2D eigenvalue weighted by Gasteiger charge is 1.99. The molecule has 0 radical (unpaired) electrons. The molecule has 0 atom stereocenters. The Morgan fingerprint density at radius 2 is 2.42 bits per heavy atom. The molecule has 12 heavy (non-hydrogen) atoms. The molecule has 1 aromatic heterocycles. The van der Waals surface area contributed by atoms with E-state index < -0.39 is 0 Å². The summed E-state index contributed by atoms with van der Waals surface area (Å²) in [5.41, 5.74) is 6.43. The fraction of sp³-hybridized carbons (Fsp3) is 0.625. The lowest BCUT2D eigenvalue weighted by Crippen LogP contribution is -2.06. The highest BCUT2D eigenvalue weighted by Crippen LogP contribution is 2.02. The Balaban J connectivity index is 2.51. The van der Waals surface area contributed by atoms with Crippen molar-refractivity contribution in [3.05, 3.63) is 18.2 Å². The van der Waals surface area contributed by atoms with Crippen molar-refractivity contribution in [3.8, 4) is 0 Å². The standard InChI is InChI=1S/C8H14FN3/c9-3-5-12-7-11-6-8(12)2-1-4-10/h6-7H,1-5,10H2. The monoisotopic (exact) mass is 171 g/mol. The molecule has 0 aromatic carbocycles. The van der Waals surface area contributed by atoms with Crippen molar-refractivity contribution in [2.75, 3.05) is 13.2 Å². The van der Waals surface area contributed by atoms with Gasteiger partial charge < -0.3 is 10.3 Å². The molecule has 0 saturated carbocycles. The number of halogens is 1. The SMILES string of the molecule is NCCCc1cncn1CCF. The minimum atomic E-state index is -0.341. The normalized spacial score (nSPS) is 10.5. The van der Waals surface area contributed by atoms with E-state index in [0.29, 0.717) is 13.1 Å². The number of nitrogens with two attached hydrogens (primary N) is 1. The Morgan fingerprint density at radius 3 is 3.08 bits per heavy atom. The van der Waals surface area contributed by atoms with Crippen LogP contribution >= 0.6 is 0 Å². The minimum Gasteiger partial charge on any atom is -0.332 e. The molecular formula is C8H14FN3. The Kier molecular flexibility index (Phi) is 3.73. The van der Waals surface area contributed by atoms with E-state index in [0.717, 1.165) is 18.5 Å². The molecule has 68 valence electrons. The van der Waals surface area contributed by atoms with Crippen molar-refractivity contribution in [2.45, 2.75) is 19.4 Å². The number of aryl methyl sites for hydroxylation is 2. The van der Waals surface area contributed by atoms with Crippen molar-refractivity contribution in [2.24, 2.45) is 5.73 Å². The zero-order chi connectivity index (χ0) is 8.81. The summed E-state index contributed by atoms with van der Waals surface area (Å²) < 4.78 is 13.8. The first-order valence-electron chi connectivity index (χ1n) is 4.13. The van der Waals surface area contributed by atoms with Crippen molar-refractivity contribution in [1.82, 2.24) is 9.55 Å². The summed E-state index contributed by atoms with van der Waals surface area (Å²) in [7, 11) is 0. The van der Waals surface area contributed by atoms with Crippen LogP contribution in [0.1, 0.15) is 12.1 Å². The highest BCUT2D eigenvalue weighted by atomic mass is 19.1. The van der Waals surface area contributed by atoms with Crippen LogP contribution in [0.4, 0.5) is 4.39 Å². The van der Waals surface area contributed by atoms with E-state index in [2.05, 4.69) is 4.98 Å². The summed E-state index contributed by atoms with van der Waals surface area (Å²) >= 11 is 0. The number of nitrogens with zero attached hydrogens (tertiary/aromatic N) is 2. The quantitative estimate of drug-likeness (QED) is 0.710. The van der Waals surface area contributed by atoms with Gasteiger partial charge in [-0.05, 0) is 19.4 Å². The number of hydrogen-bond acceptors (Lipinski definition) is 2. The maximum atomic E-state index is 12.0. The number of aromatic nitrogens is 2. The van der Waals surface area contributed by atoms with E-state index in [9.17, 15) is 4.39 Å². The molecule has 1 rings (SSSR count). The van der Waals surface area contributed by atoms with Gasteiger partial charge in [-0.25, -0.2) is 9.37 Å². The lowest BCUT2D eigenvalue weighted by Gasteiger charge is -2.03. The molecule has 1 heterocycles. The van der Waals surface area contributed by atoms with E-state index in [-0.39, 0.29) is 6.67 Å². The van der Waals surface area contributed by atoms with E-state index in [1.807, 2.05) is 4.57 Å². The maximum Gasteiger partial charge on any atom is 0.107 e. The van der Waals surface area contributed by atoms with Gasteiger partial charge in [-0.2, -0.15) is 0 Å². The fourth-order valence-corrected chi connectivity index (χ4v) is 1.13. The molecule has 0 amide bonds. The van der Waals surface area contributed by atoms with E-state index in [1.165, 1.54) is 0 Å². The number of alkyl halides is 1. The summed E-state index contributed by atoms with van der Waals surface area (Å²) in [6.07, 6.45) is 5.24. The second-order valence-corrected chi connectivity index (χ2v) is 2.66. The molecule has 3 nitrogen and oxygen atoms in total. The molecule has 0 aliphatic heterocycles. The summed E-state index contributed by atoms with van der Waals surface area (Å²) in [6, 6.07) is 0. The van der Waals surface area contributed by atoms with Crippen LogP contribution < -0.4 is 5.73 Å². The Bertz CT molecular complexity index is 222. The average Bonchev–Trinajstić information content (AvgIpc) is 2.50. The van der Waals surface area contributed by atoms with Gasteiger partial charge in [0.25, 0.3) is 0 Å². The zero-order valence-electron chi connectivity index (χ0n) is 7.04. The van der Waals surface area contributed by atoms with E-state index in [4.69, 9.17) is 5.73 Å². The third kappa shape index (κ3) is 2.30. The van der Waals surface area contributed by atoms with Crippen LogP contribution in [0.3, 0.4) is 0 Å². The molecule has 0 fully saturated rings. The Morgan fingerprint density at radius 1 is 1.58 bits per heavy atom. The lowest BCUT2D eigenvalue weighted by molar-refractivity contribution is 0.439. The molecule has 4 heteroatoms. The summed E-state index contributed by atoms with van der Waals surface area (Å²) in [4.78, 5) is 3.95. The first kappa shape index (κ1) is 9.19. The van der Waals surface area contributed by atoms with Crippen molar-refractivity contribution < 1.29 is 4.39 Å². The van der Waals surface area contributed by atoms with Crippen LogP contribution in [0.5, 0.6) is 0 Å². The maximum absolute atomic E-state index is 12.0. The highest BCUT2D eigenvalue weighted by molar-refractivity contribution is 4.98. The van der Waals surface area contributed by atoms with Gasteiger partial charge in [-0.3, -0.25) is 0 Å². The van der Waals surface area contributed by atoms with E-state index >= 15 is 0 Å². The van der Waals surface area contributed by atoms with Crippen molar-refractivity contribution in [1.29, 1.82) is 0 Å². The molecule has 1 aromatic rings.